The smallest absolute Gasteiger partial charge is 0.410 e. The number of carbonyl (C=O) groups is 4. The molecule has 0 bridgehead atoms. The van der Waals surface area contributed by atoms with Crippen LogP contribution in [0.15, 0.2) is 103 Å². The van der Waals surface area contributed by atoms with Crippen molar-refractivity contribution in [2.45, 2.75) is 82.7 Å². The fourth-order valence-electron chi connectivity index (χ4n) is 8.20. The minimum Gasteiger partial charge on any atom is -0.460 e. The maximum atomic E-state index is 15.2. The summed E-state index contributed by atoms with van der Waals surface area (Å²) in [4.78, 5) is 62.4. The predicted octanol–water partition coefficient (Wildman–Crippen LogP) is 6.43. The molecule has 2 aliphatic heterocycles. The van der Waals surface area contributed by atoms with Crippen molar-refractivity contribution in [3.8, 4) is 0 Å². The first-order chi connectivity index (χ1) is 25.9. The molecule has 1 saturated heterocycles. The van der Waals surface area contributed by atoms with Gasteiger partial charge in [0.15, 0.2) is 0 Å². The molecular weight excluding hydrogens is 670 g/mol. The van der Waals surface area contributed by atoms with Crippen LogP contribution in [0.3, 0.4) is 0 Å². The standard InChI is InChI=1S/C42H47N5O6/c1-2-37(48)47(44-25-38(49)52-27-29-14-6-3-7-15-29)39(31-18-10-5-11-19-31)41(50)45-23-22-36-40(45)34(33-24-43-35-21-13-12-20-32(33)35)26-46(36)42(51)53-28-30-16-8-4-9-17-30/h3-4,6-9,12-17,20-24,31,34,36,39-40,43-44H,2,5,10-11,18-19,25-28H2,1H3/t34-,36+,39-,40+/m0/s1. The maximum absolute atomic E-state index is 15.2. The van der Waals surface area contributed by atoms with Crippen LogP contribution in [0.5, 0.6) is 0 Å². The van der Waals surface area contributed by atoms with Gasteiger partial charge in [-0.1, -0.05) is 105 Å². The summed E-state index contributed by atoms with van der Waals surface area (Å²) < 4.78 is 11.3. The Kier molecular flexibility index (Phi) is 11.2. The molecule has 3 aliphatic rings. The summed E-state index contributed by atoms with van der Waals surface area (Å²) in [5, 5.41) is 2.42. The third-order valence-corrected chi connectivity index (χ3v) is 10.8. The van der Waals surface area contributed by atoms with Crippen LogP contribution in [0, 0.1) is 5.92 Å². The topological polar surface area (TPSA) is 124 Å². The number of esters is 1. The molecule has 276 valence electrons. The summed E-state index contributed by atoms with van der Waals surface area (Å²) in [6, 6.07) is 25.2. The fraction of sp³-hybridized carbons (Fsp3) is 0.381. The van der Waals surface area contributed by atoms with Crippen LogP contribution in [0.4, 0.5) is 4.79 Å². The number of aromatic nitrogens is 1. The van der Waals surface area contributed by atoms with Gasteiger partial charge >= 0.3 is 12.1 Å². The lowest BCUT2D eigenvalue weighted by atomic mass is 9.82. The van der Waals surface area contributed by atoms with E-state index in [-0.39, 0.29) is 49.8 Å². The Morgan fingerprint density at radius 2 is 1.53 bits per heavy atom. The summed E-state index contributed by atoms with van der Waals surface area (Å²) in [7, 11) is 0. The lowest BCUT2D eigenvalue weighted by molar-refractivity contribution is -0.155. The SMILES string of the molecule is CCC(=O)N(NCC(=O)OCc1ccccc1)[C@H](C(=O)N1C=C[C@@H]2[C@H]1[C@H](c1c[nH]c3ccccc13)CN2C(=O)OCc1ccccc1)C1CCCCC1. The van der Waals surface area contributed by atoms with Crippen molar-refractivity contribution in [1.82, 2.24) is 25.2 Å². The molecule has 3 amide bonds. The Bertz CT molecular complexity index is 1920. The highest BCUT2D eigenvalue weighted by Crippen LogP contribution is 2.43. The number of rotatable bonds is 12. The third kappa shape index (κ3) is 7.85. The molecular formula is C42H47N5O6. The summed E-state index contributed by atoms with van der Waals surface area (Å²) in [6.07, 6.45) is 9.85. The second-order valence-corrected chi connectivity index (χ2v) is 14.1. The van der Waals surface area contributed by atoms with Crippen LogP contribution >= 0.6 is 0 Å². The van der Waals surface area contributed by atoms with E-state index in [9.17, 15) is 14.4 Å². The summed E-state index contributed by atoms with van der Waals surface area (Å²) in [5.74, 6) is -1.42. The van der Waals surface area contributed by atoms with E-state index in [0.717, 1.165) is 59.7 Å². The highest BCUT2D eigenvalue weighted by molar-refractivity contribution is 5.90. The molecule has 4 aromatic rings. The largest absolute Gasteiger partial charge is 0.460 e. The Labute approximate surface area is 309 Å². The van der Waals surface area contributed by atoms with Gasteiger partial charge in [-0.15, -0.1) is 0 Å². The molecule has 2 N–H and O–H groups in total. The average Bonchev–Trinajstić information content (AvgIpc) is 3.93. The van der Waals surface area contributed by atoms with Crippen LogP contribution in [0.1, 0.15) is 68.1 Å². The van der Waals surface area contributed by atoms with E-state index in [4.69, 9.17) is 9.47 Å². The number of hydrazine groups is 1. The normalized spacial score (nSPS) is 20.3. The van der Waals surface area contributed by atoms with Gasteiger partial charge in [0, 0.05) is 42.2 Å². The molecule has 3 aromatic carbocycles. The zero-order valence-corrected chi connectivity index (χ0v) is 30.1. The van der Waals surface area contributed by atoms with Gasteiger partial charge in [0.25, 0.3) is 5.91 Å². The first-order valence-electron chi connectivity index (χ1n) is 18.7. The maximum Gasteiger partial charge on any atom is 0.410 e. The second-order valence-electron chi connectivity index (χ2n) is 14.1. The Hall–Kier alpha value is -5.42. The zero-order valence-electron chi connectivity index (χ0n) is 30.1. The third-order valence-electron chi connectivity index (χ3n) is 10.8. The van der Waals surface area contributed by atoms with Crippen LogP contribution in [-0.4, -0.2) is 74.9 Å². The minimum absolute atomic E-state index is 0.106. The molecule has 7 rings (SSSR count). The van der Waals surface area contributed by atoms with Gasteiger partial charge < -0.3 is 19.4 Å². The van der Waals surface area contributed by atoms with E-state index >= 15 is 4.79 Å². The summed E-state index contributed by atoms with van der Waals surface area (Å²) >= 11 is 0. The number of hydrogen-bond acceptors (Lipinski definition) is 7. The van der Waals surface area contributed by atoms with E-state index in [1.807, 2.05) is 97.2 Å². The molecule has 1 saturated carbocycles. The second kappa shape index (κ2) is 16.5. The van der Waals surface area contributed by atoms with Gasteiger partial charge in [0.1, 0.15) is 25.8 Å². The number of benzene rings is 3. The Morgan fingerprint density at radius 1 is 0.868 bits per heavy atom. The van der Waals surface area contributed by atoms with Gasteiger partial charge in [-0.05, 0) is 47.6 Å². The molecule has 2 fully saturated rings. The highest BCUT2D eigenvalue weighted by Gasteiger charge is 2.53. The van der Waals surface area contributed by atoms with Crippen molar-refractivity contribution in [2.75, 3.05) is 13.1 Å². The molecule has 4 atom stereocenters. The van der Waals surface area contributed by atoms with Crippen molar-refractivity contribution in [3.63, 3.8) is 0 Å². The number of carbonyl (C=O) groups excluding carboxylic acids is 4. The number of likely N-dealkylation sites (tertiary alicyclic amines) is 1. The molecule has 0 spiro atoms. The molecule has 53 heavy (non-hydrogen) atoms. The van der Waals surface area contributed by atoms with Crippen molar-refractivity contribution >= 4 is 34.8 Å². The van der Waals surface area contributed by atoms with E-state index in [1.54, 1.807) is 22.9 Å². The summed E-state index contributed by atoms with van der Waals surface area (Å²) in [6.45, 7) is 2.07. The molecule has 11 heteroatoms. The molecule has 0 unspecified atom stereocenters. The van der Waals surface area contributed by atoms with Gasteiger partial charge in [-0.3, -0.25) is 24.3 Å². The van der Waals surface area contributed by atoms with Crippen molar-refractivity contribution in [1.29, 1.82) is 0 Å². The lowest BCUT2D eigenvalue weighted by Crippen LogP contribution is -2.61. The lowest BCUT2D eigenvalue weighted by Gasteiger charge is -2.40. The van der Waals surface area contributed by atoms with Gasteiger partial charge in [-0.25, -0.2) is 10.2 Å². The van der Waals surface area contributed by atoms with Gasteiger partial charge in [0.05, 0.1) is 12.1 Å². The molecule has 3 heterocycles. The van der Waals surface area contributed by atoms with Crippen molar-refractivity contribution < 1.29 is 28.7 Å². The van der Waals surface area contributed by atoms with E-state index in [1.165, 1.54) is 5.01 Å². The number of nitrogens with one attached hydrogen (secondary N) is 2. The number of fused-ring (bicyclic) bond motifs is 2. The first kappa shape index (κ1) is 36.0. The van der Waals surface area contributed by atoms with Gasteiger partial charge in [0.2, 0.25) is 5.91 Å². The number of para-hydroxylation sites is 1. The number of aromatic amines is 1. The number of hydrogen-bond donors (Lipinski definition) is 2. The summed E-state index contributed by atoms with van der Waals surface area (Å²) in [5.41, 5.74) is 6.75. The highest BCUT2D eigenvalue weighted by atomic mass is 16.6. The minimum atomic E-state index is -0.865. The Balaban J connectivity index is 1.16. The van der Waals surface area contributed by atoms with Crippen LogP contribution < -0.4 is 5.43 Å². The average molecular weight is 718 g/mol. The Morgan fingerprint density at radius 3 is 2.23 bits per heavy atom. The van der Waals surface area contributed by atoms with Crippen molar-refractivity contribution in [3.05, 3.63) is 120 Å². The van der Waals surface area contributed by atoms with E-state index in [0.29, 0.717) is 6.54 Å². The van der Waals surface area contributed by atoms with Gasteiger partial charge in [-0.2, -0.15) is 0 Å². The number of ether oxygens (including phenoxy) is 2. The number of nitrogens with zero attached hydrogens (tertiary/aromatic N) is 3. The predicted molar refractivity (Wildman–Crippen MR) is 200 cm³/mol. The zero-order chi connectivity index (χ0) is 36.7. The molecule has 11 nitrogen and oxygen atoms in total. The van der Waals surface area contributed by atoms with E-state index < -0.39 is 30.2 Å². The van der Waals surface area contributed by atoms with Crippen LogP contribution in [0.2, 0.25) is 0 Å². The molecule has 1 aliphatic carbocycles. The number of H-pyrrole nitrogens is 1. The van der Waals surface area contributed by atoms with Crippen molar-refractivity contribution in [2.24, 2.45) is 5.92 Å². The monoisotopic (exact) mass is 717 g/mol. The first-order valence-corrected chi connectivity index (χ1v) is 18.7. The van der Waals surface area contributed by atoms with Crippen LogP contribution in [-0.2, 0) is 37.1 Å². The molecule has 1 aromatic heterocycles. The quantitative estimate of drug-likeness (QED) is 0.128. The van der Waals surface area contributed by atoms with Crippen LogP contribution in [0.25, 0.3) is 10.9 Å². The fourth-order valence-corrected chi connectivity index (χ4v) is 8.20. The molecule has 0 radical (unpaired) electrons. The number of amides is 3. The van der Waals surface area contributed by atoms with E-state index in [2.05, 4.69) is 10.4 Å².